The van der Waals surface area contributed by atoms with Crippen molar-refractivity contribution in [2.45, 2.75) is 238 Å². The average Bonchev–Trinajstić information content (AvgIpc) is 3.28. The number of likely N-dealkylation sites (N-methyl/N-ethyl adjacent to an activating group) is 1. The van der Waals surface area contributed by atoms with E-state index in [4.69, 9.17) is 14.2 Å². The lowest BCUT2D eigenvalue weighted by Crippen LogP contribution is -2.55. The van der Waals surface area contributed by atoms with Gasteiger partial charge in [0.2, 0.25) is 0 Å². The van der Waals surface area contributed by atoms with Crippen LogP contribution in [0.4, 0.5) is 0 Å². The van der Waals surface area contributed by atoms with Crippen molar-refractivity contribution in [3.63, 3.8) is 0 Å². The highest BCUT2D eigenvalue weighted by Gasteiger charge is 2.25. The quantitative estimate of drug-likeness (QED) is 0.0259. The van der Waals surface area contributed by atoms with Crippen LogP contribution in [0.3, 0.4) is 0 Å². The first-order chi connectivity index (χ1) is 32.1. The van der Waals surface area contributed by atoms with Gasteiger partial charge in [-0.1, -0.05) is 196 Å². The lowest BCUT2D eigenvalue weighted by atomic mass is 10.1. The highest BCUT2D eigenvalue weighted by atomic mass is 16.6. The molecule has 0 saturated heterocycles. The van der Waals surface area contributed by atoms with E-state index < -0.39 is 18.1 Å². The van der Waals surface area contributed by atoms with E-state index in [2.05, 4.69) is 86.8 Å². The van der Waals surface area contributed by atoms with Gasteiger partial charge in [-0.3, -0.25) is 9.59 Å². The normalized spacial score (nSPS) is 13.4. The first-order valence-electron chi connectivity index (χ1n) is 27.0. The van der Waals surface area contributed by atoms with Gasteiger partial charge >= 0.3 is 11.9 Å². The summed E-state index contributed by atoms with van der Waals surface area (Å²) in [5, 5.41) is 11.7. The van der Waals surface area contributed by atoms with E-state index in [0.29, 0.717) is 12.8 Å². The fourth-order valence-corrected chi connectivity index (χ4v) is 7.68. The summed E-state index contributed by atoms with van der Waals surface area (Å²) >= 11 is 0. The number of hydrogen-bond acceptors (Lipinski definition) is 7. The van der Waals surface area contributed by atoms with Gasteiger partial charge in [0.15, 0.2) is 6.10 Å². The van der Waals surface area contributed by atoms with Crippen LogP contribution in [0.15, 0.2) is 72.9 Å². The molecule has 0 radical (unpaired) electrons. The Morgan fingerprint density at radius 2 is 0.848 bits per heavy atom. The molecule has 0 heterocycles. The van der Waals surface area contributed by atoms with Gasteiger partial charge in [0, 0.05) is 19.3 Å². The minimum Gasteiger partial charge on any atom is -0.544 e. The molecule has 0 fully saturated rings. The van der Waals surface area contributed by atoms with Crippen molar-refractivity contribution in [1.29, 1.82) is 0 Å². The number of aliphatic carboxylic acids is 1. The Kier molecular flexibility index (Phi) is 45.9. The van der Waals surface area contributed by atoms with Gasteiger partial charge in [0.05, 0.1) is 40.3 Å². The Hall–Kier alpha value is -3.23. The number of rotatable bonds is 48. The van der Waals surface area contributed by atoms with Crippen molar-refractivity contribution in [3.8, 4) is 0 Å². The maximum absolute atomic E-state index is 12.8. The Morgan fingerprint density at radius 3 is 1.26 bits per heavy atom. The number of carboxylic acids is 1. The standard InChI is InChI=1S/C58H101NO7/c1-6-8-10-12-14-16-18-20-22-24-26-28-29-31-33-35-37-39-41-43-45-47-49-57(61)66-54(52-64-51-50-55(58(62)63)59(3,4)5)53-65-56(60)48-46-44-42-40-38-36-34-32-30-27-25-23-21-19-17-15-13-11-9-7-2/h9,11,14-17,20-23,26,28,54-55H,6-8,10,12-13,18-19,24-25,27,29-53H2,1-5H3/b11-9+,16-14+,17-15+,22-20+,23-21+,28-26+. The summed E-state index contributed by atoms with van der Waals surface area (Å²) in [6, 6.07) is -0.731. The molecule has 0 amide bonds. The lowest BCUT2D eigenvalue weighted by Gasteiger charge is -2.34. The summed E-state index contributed by atoms with van der Waals surface area (Å²) < 4.78 is 17.3. The highest BCUT2D eigenvalue weighted by molar-refractivity contribution is 5.70. The van der Waals surface area contributed by atoms with Gasteiger partial charge in [-0.05, 0) is 83.5 Å². The van der Waals surface area contributed by atoms with Crippen molar-refractivity contribution in [1.82, 2.24) is 0 Å². The molecule has 66 heavy (non-hydrogen) atoms. The van der Waals surface area contributed by atoms with E-state index in [1.807, 2.05) is 0 Å². The molecule has 0 bridgehead atoms. The summed E-state index contributed by atoms with van der Waals surface area (Å²) in [4.78, 5) is 37.1. The lowest BCUT2D eigenvalue weighted by molar-refractivity contribution is -0.889. The van der Waals surface area contributed by atoms with Crippen LogP contribution >= 0.6 is 0 Å². The van der Waals surface area contributed by atoms with Crippen LogP contribution in [0, 0.1) is 0 Å². The van der Waals surface area contributed by atoms with Crippen molar-refractivity contribution in [2.24, 2.45) is 0 Å². The topological polar surface area (TPSA) is 102 Å². The molecule has 380 valence electrons. The largest absolute Gasteiger partial charge is 0.544 e. The van der Waals surface area contributed by atoms with Crippen LogP contribution < -0.4 is 5.11 Å². The van der Waals surface area contributed by atoms with E-state index in [1.165, 1.54) is 116 Å². The Labute approximate surface area is 406 Å². The van der Waals surface area contributed by atoms with E-state index in [9.17, 15) is 19.5 Å². The molecule has 0 aliphatic rings. The number of quaternary nitrogens is 1. The Balaban J connectivity index is 4.23. The minimum atomic E-state index is -1.13. The van der Waals surface area contributed by atoms with Crippen LogP contribution in [0.25, 0.3) is 0 Å². The van der Waals surface area contributed by atoms with Gasteiger partial charge in [0.25, 0.3) is 0 Å². The second-order valence-corrected chi connectivity index (χ2v) is 19.1. The molecular weight excluding hydrogens is 823 g/mol. The predicted octanol–water partition coefficient (Wildman–Crippen LogP) is 14.5. The second-order valence-electron chi connectivity index (χ2n) is 19.1. The van der Waals surface area contributed by atoms with Crippen LogP contribution in [0.5, 0.6) is 0 Å². The van der Waals surface area contributed by atoms with E-state index in [1.54, 1.807) is 21.1 Å². The van der Waals surface area contributed by atoms with Crippen molar-refractivity contribution >= 4 is 17.9 Å². The number of esters is 2. The maximum atomic E-state index is 12.8. The number of carbonyl (C=O) groups is 3. The van der Waals surface area contributed by atoms with E-state index in [0.717, 1.165) is 77.0 Å². The number of ether oxygens (including phenoxy) is 3. The van der Waals surface area contributed by atoms with Crippen LogP contribution in [-0.2, 0) is 28.6 Å². The number of carbonyl (C=O) groups excluding carboxylic acids is 3. The molecule has 2 unspecified atom stereocenters. The molecule has 0 rings (SSSR count). The molecule has 2 atom stereocenters. The van der Waals surface area contributed by atoms with Crippen LogP contribution in [0.2, 0.25) is 0 Å². The fourth-order valence-electron chi connectivity index (χ4n) is 7.68. The third kappa shape index (κ3) is 45.9. The first-order valence-corrected chi connectivity index (χ1v) is 27.0. The SMILES string of the molecule is CC/C=C/C/C=C/C/C=C/CCCCCCCCCCCCC(=O)OCC(COCCC(C(=O)[O-])[N+](C)(C)C)OC(=O)CCCCCCCCCCC/C=C/C/C=C/C/C=C/CCCCC. The molecule has 8 nitrogen and oxygen atoms in total. The third-order valence-electron chi connectivity index (χ3n) is 11.8. The fraction of sp³-hybridized carbons (Fsp3) is 0.741. The summed E-state index contributed by atoms with van der Waals surface area (Å²) in [6.45, 7) is 4.53. The highest BCUT2D eigenvalue weighted by Crippen LogP contribution is 2.15. The summed E-state index contributed by atoms with van der Waals surface area (Å²) in [5.74, 6) is -1.74. The first kappa shape index (κ1) is 62.8. The van der Waals surface area contributed by atoms with Crippen molar-refractivity contribution in [2.75, 3.05) is 41.0 Å². The number of unbranched alkanes of at least 4 members (excludes halogenated alkanes) is 22. The summed E-state index contributed by atoms with van der Waals surface area (Å²) in [5.41, 5.74) is 0. The van der Waals surface area contributed by atoms with Crippen LogP contribution in [0.1, 0.15) is 226 Å². The van der Waals surface area contributed by atoms with Crippen molar-refractivity contribution in [3.05, 3.63) is 72.9 Å². The summed E-state index contributed by atoms with van der Waals surface area (Å²) in [6.07, 6.45) is 62.1. The van der Waals surface area contributed by atoms with Gasteiger partial charge in [-0.2, -0.15) is 0 Å². The average molecular weight is 924 g/mol. The Bertz CT molecular complexity index is 1310. The zero-order chi connectivity index (χ0) is 48.4. The monoisotopic (exact) mass is 924 g/mol. The van der Waals surface area contributed by atoms with Gasteiger partial charge < -0.3 is 28.6 Å². The Morgan fingerprint density at radius 1 is 0.470 bits per heavy atom. The molecule has 0 N–H and O–H groups in total. The molecule has 0 aliphatic carbocycles. The zero-order valence-electron chi connectivity index (χ0n) is 43.3. The van der Waals surface area contributed by atoms with E-state index >= 15 is 0 Å². The van der Waals surface area contributed by atoms with Gasteiger partial charge in [-0.25, -0.2) is 0 Å². The van der Waals surface area contributed by atoms with Gasteiger partial charge in [0.1, 0.15) is 12.6 Å². The molecule has 0 aromatic carbocycles. The molecular formula is C58H101NO7. The van der Waals surface area contributed by atoms with Crippen molar-refractivity contribution < 1.29 is 38.2 Å². The number of nitrogens with zero attached hydrogens (tertiary/aromatic N) is 1. The minimum absolute atomic E-state index is 0.0351. The van der Waals surface area contributed by atoms with Gasteiger partial charge in [-0.15, -0.1) is 0 Å². The number of carboxylic acid groups (broad SMARTS) is 1. The molecule has 0 saturated carbocycles. The number of hydrogen-bond donors (Lipinski definition) is 0. The smallest absolute Gasteiger partial charge is 0.306 e. The molecule has 8 heteroatoms. The summed E-state index contributed by atoms with van der Waals surface area (Å²) in [7, 11) is 5.41. The third-order valence-corrected chi connectivity index (χ3v) is 11.8. The molecule has 0 spiro atoms. The van der Waals surface area contributed by atoms with Crippen LogP contribution in [-0.4, -0.2) is 75.5 Å². The molecule has 0 aliphatic heterocycles. The molecule has 0 aromatic heterocycles. The second kappa shape index (κ2) is 48.2. The maximum Gasteiger partial charge on any atom is 0.306 e. The zero-order valence-corrected chi connectivity index (χ0v) is 43.3. The van der Waals surface area contributed by atoms with E-state index in [-0.39, 0.29) is 42.7 Å². The molecule has 0 aromatic rings. The number of allylic oxidation sites excluding steroid dienone is 12. The predicted molar refractivity (Wildman–Crippen MR) is 277 cm³/mol.